The van der Waals surface area contributed by atoms with Gasteiger partial charge in [0.2, 0.25) is 11.8 Å². The lowest BCUT2D eigenvalue weighted by Gasteiger charge is -2.28. The maximum absolute atomic E-state index is 11.8. The van der Waals surface area contributed by atoms with E-state index in [1.54, 1.807) is 0 Å². The largest absolute Gasteiger partial charge is 0.330 e. The smallest absolute Gasteiger partial charge is 0.240 e. The van der Waals surface area contributed by atoms with E-state index in [0.29, 0.717) is 13.1 Å². The van der Waals surface area contributed by atoms with Gasteiger partial charge in [0.15, 0.2) is 0 Å². The standard InChI is InChI=1S/C16H25N3O2/c1-16(2,11-17)12-19(3)10-15(21)18-14(20)9-13-7-5-4-6-8-13/h4-8H,9-12,17H2,1-3H3,(H,18,20,21). The van der Waals surface area contributed by atoms with Gasteiger partial charge in [-0.1, -0.05) is 44.2 Å². The molecule has 0 bridgehead atoms. The lowest BCUT2D eigenvalue weighted by atomic mass is 9.93. The Bertz CT molecular complexity index is 472. The topological polar surface area (TPSA) is 75.4 Å². The Kier molecular flexibility index (Phi) is 6.52. The Hall–Kier alpha value is -1.72. The molecule has 116 valence electrons. The second kappa shape index (κ2) is 7.90. The Balaban J connectivity index is 2.38. The van der Waals surface area contributed by atoms with Crippen molar-refractivity contribution >= 4 is 11.8 Å². The number of nitrogens with one attached hydrogen (secondary N) is 1. The average molecular weight is 291 g/mol. The van der Waals surface area contributed by atoms with E-state index in [1.807, 2.05) is 56.1 Å². The Labute approximate surface area is 126 Å². The molecule has 0 radical (unpaired) electrons. The van der Waals surface area contributed by atoms with Crippen molar-refractivity contribution in [3.8, 4) is 0 Å². The zero-order chi connectivity index (χ0) is 15.9. The van der Waals surface area contributed by atoms with E-state index < -0.39 is 0 Å². The molecule has 0 unspecified atom stereocenters. The summed E-state index contributed by atoms with van der Waals surface area (Å²) >= 11 is 0. The first-order valence-electron chi connectivity index (χ1n) is 7.07. The molecule has 0 aromatic heterocycles. The fourth-order valence-electron chi connectivity index (χ4n) is 2.12. The minimum atomic E-state index is -0.286. The van der Waals surface area contributed by atoms with Crippen molar-refractivity contribution in [2.24, 2.45) is 11.1 Å². The molecular weight excluding hydrogens is 266 g/mol. The highest BCUT2D eigenvalue weighted by Crippen LogP contribution is 2.13. The number of rotatable bonds is 7. The normalized spacial score (nSPS) is 11.5. The van der Waals surface area contributed by atoms with Crippen LogP contribution in [0.25, 0.3) is 0 Å². The van der Waals surface area contributed by atoms with Crippen LogP contribution in [0.4, 0.5) is 0 Å². The first-order chi connectivity index (χ1) is 9.82. The third-order valence-corrected chi connectivity index (χ3v) is 3.15. The van der Waals surface area contributed by atoms with Crippen LogP contribution in [0.1, 0.15) is 19.4 Å². The van der Waals surface area contributed by atoms with E-state index in [-0.39, 0.29) is 30.2 Å². The van der Waals surface area contributed by atoms with Gasteiger partial charge in [-0.3, -0.25) is 19.8 Å². The van der Waals surface area contributed by atoms with Crippen molar-refractivity contribution in [3.63, 3.8) is 0 Å². The first kappa shape index (κ1) is 17.3. The molecule has 5 heteroatoms. The molecule has 0 aliphatic heterocycles. The van der Waals surface area contributed by atoms with Crippen molar-refractivity contribution in [1.82, 2.24) is 10.2 Å². The van der Waals surface area contributed by atoms with Crippen molar-refractivity contribution in [2.45, 2.75) is 20.3 Å². The number of carbonyl (C=O) groups is 2. The van der Waals surface area contributed by atoms with E-state index >= 15 is 0 Å². The summed E-state index contributed by atoms with van der Waals surface area (Å²) in [7, 11) is 1.85. The summed E-state index contributed by atoms with van der Waals surface area (Å²) < 4.78 is 0. The van der Waals surface area contributed by atoms with Crippen LogP contribution in [-0.2, 0) is 16.0 Å². The molecule has 0 spiro atoms. The third-order valence-electron chi connectivity index (χ3n) is 3.15. The second-order valence-electron chi connectivity index (χ2n) is 6.17. The fourth-order valence-corrected chi connectivity index (χ4v) is 2.12. The van der Waals surface area contributed by atoms with Crippen LogP contribution >= 0.6 is 0 Å². The van der Waals surface area contributed by atoms with Gasteiger partial charge in [0.25, 0.3) is 0 Å². The van der Waals surface area contributed by atoms with Gasteiger partial charge in [0, 0.05) is 6.54 Å². The van der Waals surface area contributed by atoms with Crippen molar-refractivity contribution in [3.05, 3.63) is 35.9 Å². The van der Waals surface area contributed by atoms with Crippen LogP contribution < -0.4 is 11.1 Å². The number of carbonyl (C=O) groups excluding carboxylic acids is 2. The highest BCUT2D eigenvalue weighted by molar-refractivity contribution is 5.96. The number of imide groups is 1. The van der Waals surface area contributed by atoms with Gasteiger partial charge in [-0.15, -0.1) is 0 Å². The quantitative estimate of drug-likeness (QED) is 0.779. The van der Waals surface area contributed by atoms with Crippen LogP contribution in [0.2, 0.25) is 0 Å². The van der Waals surface area contributed by atoms with E-state index in [1.165, 1.54) is 0 Å². The minimum absolute atomic E-state index is 0.0525. The summed E-state index contributed by atoms with van der Waals surface area (Å²) in [6, 6.07) is 9.35. The molecule has 3 N–H and O–H groups in total. The molecule has 5 nitrogen and oxygen atoms in total. The summed E-state index contributed by atoms with van der Waals surface area (Å²) in [4.78, 5) is 25.5. The van der Waals surface area contributed by atoms with E-state index in [2.05, 4.69) is 5.32 Å². The molecule has 1 aromatic rings. The predicted molar refractivity (Wildman–Crippen MR) is 83.6 cm³/mol. The lowest BCUT2D eigenvalue weighted by Crippen LogP contribution is -2.43. The maximum Gasteiger partial charge on any atom is 0.240 e. The first-order valence-corrected chi connectivity index (χ1v) is 7.07. The fraction of sp³-hybridized carbons (Fsp3) is 0.500. The Morgan fingerprint density at radius 3 is 2.38 bits per heavy atom. The molecule has 21 heavy (non-hydrogen) atoms. The molecule has 0 saturated heterocycles. The molecule has 1 aromatic carbocycles. The summed E-state index contributed by atoms with van der Waals surface area (Å²) in [6.45, 7) is 5.52. The SMILES string of the molecule is CN(CC(=O)NC(=O)Cc1ccccc1)CC(C)(C)CN. The highest BCUT2D eigenvalue weighted by Gasteiger charge is 2.20. The zero-order valence-corrected chi connectivity index (χ0v) is 13.1. The number of amides is 2. The van der Waals surface area contributed by atoms with Crippen molar-refractivity contribution in [2.75, 3.05) is 26.7 Å². The molecule has 0 atom stereocenters. The van der Waals surface area contributed by atoms with Crippen molar-refractivity contribution < 1.29 is 9.59 Å². The van der Waals surface area contributed by atoms with Gasteiger partial charge in [0.1, 0.15) is 0 Å². The minimum Gasteiger partial charge on any atom is -0.330 e. The van der Waals surface area contributed by atoms with Gasteiger partial charge in [-0.25, -0.2) is 0 Å². The molecule has 0 fully saturated rings. The average Bonchev–Trinajstić information content (AvgIpc) is 2.38. The van der Waals surface area contributed by atoms with E-state index in [0.717, 1.165) is 5.56 Å². The summed E-state index contributed by atoms with van der Waals surface area (Å²) in [5, 5.41) is 2.41. The van der Waals surface area contributed by atoms with E-state index in [4.69, 9.17) is 5.73 Å². The Morgan fingerprint density at radius 2 is 1.81 bits per heavy atom. The van der Waals surface area contributed by atoms with E-state index in [9.17, 15) is 9.59 Å². The van der Waals surface area contributed by atoms with Gasteiger partial charge in [-0.2, -0.15) is 0 Å². The third kappa shape index (κ3) is 7.02. The summed E-state index contributed by atoms with van der Waals surface area (Å²) in [5.41, 5.74) is 6.51. The monoisotopic (exact) mass is 291 g/mol. The number of hydrogen-bond donors (Lipinski definition) is 2. The van der Waals surface area contributed by atoms with Crippen LogP contribution in [-0.4, -0.2) is 43.4 Å². The number of hydrogen-bond acceptors (Lipinski definition) is 4. The maximum atomic E-state index is 11.8. The molecule has 1 rings (SSSR count). The van der Waals surface area contributed by atoms with Gasteiger partial charge >= 0.3 is 0 Å². The molecule has 0 saturated carbocycles. The summed E-state index contributed by atoms with van der Waals surface area (Å²) in [5.74, 6) is -0.566. The Morgan fingerprint density at radius 1 is 1.19 bits per heavy atom. The number of likely N-dealkylation sites (N-methyl/N-ethyl adjacent to an activating group) is 1. The van der Waals surface area contributed by atoms with Crippen molar-refractivity contribution in [1.29, 1.82) is 0 Å². The molecule has 0 aliphatic rings. The lowest BCUT2D eigenvalue weighted by molar-refractivity contribution is -0.130. The van der Waals surface area contributed by atoms with Crippen LogP contribution in [0.15, 0.2) is 30.3 Å². The molecule has 2 amide bonds. The number of nitrogens with zero attached hydrogens (tertiary/aromatic N) is 1. The molecule has 0 aliphatic carbocycles. The number of benzene rings is 1. The van der Waals surface area contributed by atoms with Gasteiger partial charge < -0.3 is 5.73 Å². The predicted octanol–water partition coefficient (Wildman–Crippen LogP) is 0.789. The second-order valence-corrected chi connectivity index (χ2v) is 6.17. The molecular formula is C16H25N3O2. The van der Waals surface area contributed by atoms with Crippen LogP contribution in [0.5, 0.6) is 0 Å². The zero-order valence-electron chi connectivity index (χ0n) is 13.1. The van der Waals surface area contributed by atoms with Crippen LogP contribution in [0, 0.1) is 5.41 Å². The highest BCUT2D eigenvalue weighted by atomic mass is 16.2. The molecule has 0 heterocycles. The van der Waals surface area contributed by atoms with Crippen LogP contribution in [0.3, 0.4) is 0 Å². The van der Waals surface area contributed by atoms with Gasteiger partial charge in [0.05, 0.1) is 13.0 Å². The number of nitrogens with two attached hydrogens (primary N) is 1. The van der Waals surface area contributed by atoms with Gasteiger partial charge in [-0.05, 0) is 24.6 Å². The summed E-state index contributed by atoms with van der Waals surface area (Å²) in [6.07, 6.45) is 0.213.